The Bertz CT molecular complexity index is 828. The molecule has 14 heteroatoms. The highest BCUT2D eigenvalue weighted by atomic mass is 16.4. The van der Waals surface area contributed by atoms with Gasteiger partial charge in [0.2, 0.25) is 17.7 Å². The summed E-state index contributed by atoms with van der Waals surface area (Å²) in [6.07, 6.45) is 2.16. The van der Waals surface area contributed by atoms with E-state index in [0.717, 1.165) is 0 Å². The van der Waals surface area contributed by atoms with E-state index in [2.05, 4.69) is 25.9 Å². The summed E-state index contributed by atoms with van der Waals surface area (Å²) in [5, 5.41) is 34.5. The number of amides is 3. The van der Waals surface area contributed by atoms with E-state index in [9.17, 15) is 34.2 Å². The molecule has 0 aromatic carbocycles. The number of hydrogen-bond donors (Lipinski definition) is 8. The molecule has 0 aliphatic rings. The van der Waals surface area contributed by atoms with Crippen LogP contribution in [0.4, 0.5) is 0 Å². The Morgan fingerprint density at radius 2 is 1.58 bits per heavy atom. The SMILES string of the molecule is CC(C)CC(NC(=O)C(CO)NC(=O)C(N)CC(=O)O)C(=O)NC(Cc1cnc[nH]1)C(=O)O. The number of aromatic amines is 1. The number of carboxylic acid groups (broad SMARTS) is 2. The second kappa shape index (κ2) is 13.1. The minimum Gasteiger partial charge on any atom is -0.481 e. The van der Waals surface area contributed by atoms with Crippen LogP contribution in [0.25, 0.3) is 0 Å². The number of aromatic nitrogens is 2. The van der Waals surface area contributed by atoms with E-state index in [1.807, 2.05) is 0 Å². The van der Waals surface area contributed by atoms with Gasteiger partial charge >= 0.3 is 11.9 Å². The zero-order valence-corrected chi connectivity index (χ0v) is 18.3. The molecule has 0 bridgehead atoms. The van der Waals surface area contributed by atoms with Gasteiger partial charge in [0.1, 0.15) is 18.1 Å². The zero-order valence-electron chi connectivity index (χ0n) is 18.3. The summed E-state index contributed by atoms with van der Waals surface area (Å²) >= 11 is 0. The molecule has 14 nitrogen and oxygen atoms in total. The Hall–Kier alpha value is -3.52. The molecular formula is C19H30N6O8. The molecule has 33 heavy (non-hydrogen) atoms. The summed E-state index contributed by atoms with van der Waals surface area (Å²) < 4.78 is 0. The molecule has 4 unspecified atom stereocenters. The Morgan fingerprint density at radius 3 is 2.06 bits per heavy atom. The van der Waals surface area contributed by atoms with Gasteiger partial charge in [-0.1, -0.05) is 13.8 Å². The lowest BCUT2D eigenvalue weighted by atomic mass is 10.0. The standard InChI is InChI=1S/C19H30N6O8/c1-9(2)3-12(17(30)24-13(19(32)33)4-10-6-21-8-22-10)23-18(31)14(7-26)25-16(29)11(20)5-15(27)28/h6,8-9,11-14,26H,3-5,7,20H2,1-2H3,(H,21,22)(H,23,31)(H,24,30)(H,25,29)(H,27,28)(H,32,33). The molecule has 0 saturated heterocycles. The van der Waals surface area contributed by atoms with E-state index in [1.54, 1.807) is 13.8 Å². The number of carbonyl (C=O) groups excluding carboxylic acids is 3. The number of carbonyl (C=O) groups is 5. The van der Waals surface area contributed by atoms with Crippen LogP contribution in [0.1, 0.15) is 32.4 Å². The van der Waals surface area contributed by atoms with E-state index in [0.29, 0.717) is 5.69 Å². The number of imidazole rings is 1. The third kappa shape index (κ3) is 9.65. The Kier molecular flexibility index (Phi) is 10.9. The van der Waals surface area contributed by atoms with Gasteiger partial charge < -0.3 is 42.0 Å². The highest BCUT2D eigenvalue weighted by Crippen LogP contribution is 2.07. The normalized spacial score (nSPS) is 14.6. The number of nitrogens with zero attached hydrogens (tertiary/aromatic N) is 1. The molecular weight excluding hydrogens is 440 g/mol. The predicted octanol–water partition coefficient (Wildman–Crippen LogP) is -2.67. The number of nitrogens with two attached hydrogens (primary N) is 1. The lowest BCUT2D eigenvalue weighted by Gasteiger charge is -2.25. The molecule has 1 aromatic rings. The Labute approximate surface area is 189 Å². The lowest BCUT2D eigenvalue weighted by Crippen LogP contribution is -2.58. The molecule has 1 aromatic heterocycles. The topological polar surface area (TPSA) is 237 Å². The van der Waals surface area contributed by atoms with Crippen LogP contribution < -0.4 is 21.7 Å². The second-order valence-electron chi connectivity index (χ2n) is 7.82. The van der Waals surface area contributed by atoms with Gasteiger partial charge in [0.25, 0.3) is 0 Å². The number of rotatable bonds is 14. The van der Waals surface area contributed by atoms with Crippen LogP contribution in [0.3, 0.4) is 0 Å². The van der Waals surface area contributed by atoms with Crippen molar-refractivity contribution in [3.05, 3.63) is 18.2 Å². The minimum atomic E-state index is -1.50. The van der Waals surface area contributed by atoms with Crippen molar-refractivity contribution in [3.8, 4) is 0 Å². The Morgan fingerprint density at radius 1 is 1.00 bits per heavy atom. The maximum atomic E-state index is 12.8. The fourth-order valence-corrected chi connectivity index (χ4v) is 2.82. The van der Waals surface area contributed by atoms with Crippen LogP contribution in [-0.4, -0.2) is 85.7 Å². The predicted molar refractivity (Wildman–Crippen MR) is 112 cm³/mol. The first kappa shape index (κ1) is 27.5. The summed E-state index contributed by atoms with van der Waals surface area (Å²) in [4.78, 5) is 66.1. The number of aliphatic carboxylic acids is 2. The molecule has 184 valence electrons. The minimum absolute atomic E-state index is 0.0692. The average molecular weight is 470 g/mol. The molecule has 3 amide bonds. The lowest BCUT2D eigenvalue weighted by molar-refractivity contribution is -0.142. The molecule has 0 aliphatic heterocycles. The quantitative estimate of drug-likeness (QED) is 0.140. The summed E-state index contributed by atoms with van der Waals surface area (Å²) in [5.41, 5.74) is 5.92. The zero-order chi connectivity index (χ0) is 25.1. The monoisotopic (exact) mass is 470 g/mol. The number of hydrogen-bond acceptors (Lipinski definition) is 8. The van der Waals surface area contributed by atoms with Crippen molar-refractivity contribution in [1.82, 2.24) is 25.9 Å². The van der Waals surface area contributed by atoms with E-state index in [4.69, 9.17) is 10.8 Å². The van der Waals surface area contributed by atoms with Crippen molar-refractivity contribution in [2.24, 2.45) is 11.7 Å². The van der Waals surface area contributed by atoms with Gasteiger partial charge in [-0.05, 0) is 12.3 Å². The van der Waals surface area contributed by atoms with Gasteiger partial charge in [-0.15, -0.1) is 0 Å². The first-order valence-electron chi connectivity index (χ1n) is 10.1. The van der Waals surface area contributed by atoms with E-state index in [1.165, 1.54) is 12.5 Å². The van der Waals surface area contributed by atoms with Gasteiger partial charge in [-0.3, -0.25) is 19.2 Å². The molecule has 0 aliphatic carbocycles. The third-order valence-corrected chi connectivity index (χ3v) is 4.48. The van der Waals surface area contributed by atoms with Crippen LogP contribution in [0.5, 0.6) is 0 Å². The average Bonchev–Trinajstić information content (AvgIpc) is 3.22. The maximum Gasteiger partial charge on any atom is 0.326 e. The maximum absolute atomic E-state index is 12.8. The van der Waals surface area contributed by atoms with Crippen molar-refractivity contribution in [1.29, 1.82) is 0 Å². The molecule has 0 saturated carbocycles. The van der Waals surface area contributed by atoms with E-state index in [-0.39, 0.29) is 18.8 Å². The first-order chi connectivity index (χ1) is 15.4. The van der Waals surface area contributed by atoms with Crippen LogP contribution in [0, 0.1) is 5.92 Å². The second-order valence-corrected chi connectivity index (χ2v) is 7.82. The molecule has 1 rings (SSSR count). The van der Waals surface area contributed by atoms with Gasteiger partial charge in [0.05, 0.1) is 25.4 Å². The van der Waals surface area contributed by atoms with Crippen molar-refractivity contribution >= 4 is 29.7 Å². The number of carboxylic acids is 2. The van der Waals surface area contributed by atoms with Crippen molar-refractivity contribution in [2.45, 2.75) is 57.3 Å². The van der Waals surface area contributed by atoms with Gasteiger partial charge in [0.15, 0.2) is 0 Å². The van der Waals surface area contributed by atoms with E-state index < -0.39 is 66.9 Å². The van der Waals surface area contributed by atoms with Crippen LogP contribution in [0.15, 0.2) is 12.5 Å². The largest absolute Gasteiger partial charge is 0.481 e. The summed E-state index contributed by atoms with van der Waals surface area (Å²) in [5.74, 6) is -5.35. The van der Waals surface area contributed by atoms with Crippen molar-refractivity contribution in [3.63, 3.8) is 0 Å². The number of aliphatic hydroxyl groups is 1. The van der Waals surface area contributed by atoms with Crippen LogP contribution in [0.2, 0.25) is 0 Å². The van der Waals surface area contributed by atoms with Crippen molar-refractivity contribution in [2.75, 3.05) is 6.61 Å². The van der Waals surface area contributed by atoms with E-state index >= 15 is 0 Å². The van der Waals surface area contributed by atoms with Crippen LogP contribution in [-0.2, 0) is 30.4 Å². The van der Waals surface area contributed by atoms with Crippen LogP contribution >= 0.6 is 0 Å². The summed E-state index contributed by atoms with van der Waals surface area (Å²) in [6.45, 7) is 2.72. The highest BCUT2D eigenvalue weighted by Gasteiger charge is 2.31. The molecule has 4 atom stereocenters. The number of H-pyrrole nitrogens is 1. The third-order valence-electron chi connectivity index (χ3n) is 4.48. The number of nitrogens with one attached hydrogen (secondary N) is 4. The van der Waals surface area contributed by atoms with Gasteiger partial charge in [-0.2, -0.15) is 0 Å². The molecule has 0 radical (unpaired) electrons. The van der Waals surface area contributed by atoms with Gasteiger partial charge in [-0.25, -0.2) is 9.78 Å². The summed E-state index contributed by atoms with van der Waals surface area (Å²) in [6, 6.07) is -5.41. The summed E-state index contributed by atoms with van der Waals surface area (Å²) in [7, 11) is 0. The highest BCUT2D eigenvalue weighted by molar-refractivity contribution is 5.94. The molecule has 9 N–H and O–H groups in total. The Balaban J connectivity index is 2.87. The molecule has 1 heterocycles. The fraction of sp³-hybridized carbons (Fsp3) is 0.579. The number of aliphatic hydroxyl groups excluding tert-OH is 1. The molecule has 0 spiro atoms. The van der Waals surface area contributed by atoms with Crippen molar-refractivity contribution < 1.29 is 39.3 Å². The van der Waals surface area contributed by atoms with Gasteiger partial charge in [0, 0.05) is 18.3 Å². The smallest absolute Gasteiger partial charge is 0.326 e. The first-order valence-corrected chi connectivity index (χ1v) is 10.1. The fourth-order valence-electron chi connectivity index (χ4n) is 2.82. The molecule has 0 fully saturated rings.